The van der Waals surface area contributed by atoms with E-state index in [4.69, 9.17) is 4.74 Å². The van der Waals surface area contributed by atoms with Crippen molar-refractivity contribution in [2.45, 2.75) is 24.7 Å². The molecule has 132 valence electrons. The van der Waals surface area contributed by atoms with Gasteiger partial charge >= 0.3 is 0 Å². The van der Waals surface area contributed by atoms with Crippen molar-refractivity contribution in [3.05, 3.63) is 53.1 Å². The van der Waals surface area contributed by atoms with Crippen LogP contribution in [0.15, 0.2) is 35.2 Å². The molecule has 1 amide bonds. The van der Waals surface area contributed by atoms with Crippen molar-refractivity contribution in [2.24, 2.45) is 0 Å². The van der Waals surface area contributed by atoms with Gasteiger partial charge in [-0.15, -0.1) is 11.8 Å². The zero-order chi connectivity index (χ0) is 18.0. The average molecular weight is 363 g/mol. The van der Waals surface area contributed by atoms with Crippen LogP contribution in [-0.4, -0.2) is 25.3 Å². The fourth-order valence-electron chi connectivity index (χ4n) is 3.06. The summed E-state index contributed by atoms with van der Waals surface area (Å²) in [5, 5.41) is 0. The van der Waals surface area contributed by atoms with Crippen molar-refractivity contribution in [1.82, 2.24) is 0 Å². The number of hydrogen-bond acceptors (Lipinski definition) is 3. The minimum Gasteiger partial charge on any atom is -0.495 e. The van der Waals surface area contributed by atoms with Crippen LogP contribution in [0.1, 0.15) is 17.5 Å². The molecule has 0 saturated carbocycles. The number of rotatable bonds is 4. The summed E-state index contributed by atoms with van der Waals surface area (Å²) >= 11 is 1.20. The molecular weight excluding hydrogens is 344 g/mol. The predicted molar refractivity (Wildman–Crippen MR) is 95.5 cm³/mol. The number of anilines is 1. The van der Waals surface area contributed by atoms with Gasteiger partial charge in [0, 0.05) is 11.4 Å². The fourth-order valence-corrected chi connectivity index (χ4v) is 3.85. The van der Waals surface area contributed by atoms with Gasteiger partial charge in [0.1, 0.15) is 5.75 Å². The largest absolute Gasteiger partial charge is 0.495 e. The zero-order valence-corrected chi connectivity index (χ0v) is 15.0. The Bertz CT molecular complexity index is 810. The Morgan fingerprint density at radius 3 is 2.76 bits per heavy atom. The molecule has 0 N–H and O–H groups in total. The lowest BCUT2D eigenvalue weighted by Crippen LogP contribution is -2.37. The van der Waals surface area contributed by atoms with Crippen LogP contribution in [0.2, 0.25) is 0 Å². The molecule has 0 radical (unpaired) electrons. The summed E-state index contributed by atoms with van der Waals surface area (Å²) in [5.74, 6) is -1.02. The maximum absolute atomic E-state index is 13.3. The first kappa shape index (κ1) is 17.7. The standard InChI is InChI=1S/C19H19F2NO2S/c1-12-5-8-17(24-2)19-14(12)4-3-9-22(19)18(23)11-25-13-6-7-15(20)16(21)10-13/h5-8,10H,3-4,9,11H2,1-2H3. The molecule has 2 aromatic rings. The number of amides is 1. The molecule has 0 unspecified atom stereocenters. The van der Waals surface area contributed by atoms with Crippen molar-refractivity contribution >= 4 is 23.4 Å². The Labute approximate surface area is 150 Å². The number of methoxy groups -OCH3 is 1. The van der Waals surface area contributed by atoms with Crippen LogP contribution in [-0.2, 0) is 11.2 Å². The lowest BCUT2D eigenvalue weighted by Gasteiger charge is -2.32. The van der Waals surface area contributed by atoms with Crippen LogP contribution in [0.25, 0.3) is 0 Å². The number of ether oxygens (including phenoxy) is 1. The van der Waals surface area contributed by atoms with Gasteiger partial charge in [-0.3, -0.25) is 4.79 Å². The Morgan fingerprint density at radius 2 is 2.04 bits per heavy atom. The molecule has 0 spiro atoms. The number of carbonyl (C=O) groups excluding carboxylic acids is 1. The highest BCUT2D eigenvalue weighted by Gasteiger charge is 2.27. The smallest absolute Gasteiger partial charge is 0.237 e. The van der Waals surface area contributed by atoms with Crippen molar-refractivity contribution in [3.8, 4) is 5.75 Å². The second kappa shape index (κ2) is 7.44. The lowest BCUT2D eigenvalue weighted by molar-refractivity contribution is -0.116. The van der Waals surface area contributed by atoms with Crippen molar-refractivity contribution in [2.75, 3.05) is 24.3 Å². The van der Waals surface area contributed by atoms with E-state index < -0.39 is 11.6 Å². The molecule has 1 heterocycles. The SMILES string of the molecule is COc1ccc(C)c2c1N(C(=O)CSc1ccc(F)c(F)c1)CCC2. The Kier molecular flexibility index (Phi) is 5.27. The van der Waals surface area contributed by atoms with Crippen LogP contribution < -0.4 is 9.64 Å². The molecule has 3 rings (SSSR count). The van der Waals surface area contributed by atoms with E-state index in [9.17, 15) is 13.6 Å². The van der Waals surface area contributed by atoms with E-state index in [2.05, 4.69) is 0 Å². The fraction of sp³-hybridized carbons (Fsp3) is 0.316. The Morgan fingerprint density at radius 1 is 1.24 bits per heavy atom. The van der Waals surface area contributed by atoms with E-state index in [1.807, 2.05) is 19.1 Å². The Balaban J connectivity index is 1.80. The van der Waals surface area contributed by atoms with Crippen LogP contribution in [0.4, 0.5) is 14.5 Å². The quantitative estimate of drug-likeness (QED) is 0.756. The second-order valence-corrected chi connectivity index (χ2v) is 6.97. The number of aryl methyl sites for hydroxylation is 1. The van der Waals surface area contributed by atoms with Crippen LogP contribution in [0.3, 0.4) is 0 Å². The number of hydrogen-bond donors (Lipinski definition) is 0. The summed E-state index contributed by atoms with van der Waals surface area (Å²) in [5.41, 5.74) is 3.11. The van der Waals surface area contributed by atoms with Crippen LogP contribution >= 0.6 is 11.8 Å². The molecule has 2 aromatic carbocycles. The summed E-state index contributed by atoms with van der Waals surface area (Å²) in [6.45, 7) is 2.66. The molecule has 0 atom stereocenters. The van der Waals surface area contributed by atoms with E-state index in [-0.39, 0.29) is 11.7 Å². The number of halogens is 2. The van der Waals surface area contributed by atoms with Gasteiger partial charge in [0.15, 0.2) is 11.6 Å². The highest BCUT2D eigenvalue weighted by molar-refractivity contribution is 8.00. The summed E-state index contributed by atoms with van der Waals surface area (Å²) in [4.78, 5) is 15.0. The number of thioether (sulfide) groups is 1. The molecule has 0 saturated heterocycles. The van der Waals surface area contributed by atoms with E-state index >= 15 is 0 Å². The minimum atomic E-state index is -0.905. The molecule has 6 heteroatoms. The van der Waals surface area contributed by atoms with Gasteiger partial charge in [0.2, 0.25) is 5.91 Å². The summed E-state index contributed by atoms with van der Waals surface area (Å²) in [6.07, 6.45) is 1.81. The monoisotopic (exact) mass is 363 g/mol. The van der Waals surface area contributed by atoms with E-state index in [1.165, 1.54) is 17.8 Å². The second-order valence-electron chi connectivity index (χ2n) is 5.93. The molecule has 25 heavy (non-hydrogen) atoms. The first-order chi connectivity index (χ1) is 12.0. The van der Waals surface area contributed by atoms with Crippen molar-refractivity contribution in [3.63, 3.8) is 0 Å². The molecule has 0 aliphatic carbocycles. The van der Waals surface area contributed by atoms with Crippen LogP contribution in [0, 0.1) is 18.6 Å². The van der Waals surface area contributed by atoms with Gasteiger partial charge < -0.3 is 9.64 Å². The topological polar surface area (TPSA) is 29.5 Å². The van der Waals surface area contributed by atoms with E-state index in [0.717, 1.165) is 41.8 Å². The van der Waals surface area contributed by atoms with Gasteiger partial charge in [0.05, 0.1) is 18.6 Å². The minimum absolute atomic E-state index is 0.0698. The maximum atomic E-state index is 13.3. The van der Waals surface area contributed by atoms with Gasteiger partial charge in [-0.1, -0.05) is 6.07 Å². The molecular formula is C19H19F2NO2S. The zero-order valence-electron chi connectivity index (χ0n) is 14.1. The van der Waals surface area contributed by atoms with Gasteiger partial charge in [-0.05, 0) is 55.2 Å². The summed E-state index contributed by atoms with van der Waals surface area (Å²) in [7, 11) is 1.60. The third-order valence-electron chi connectivity index (χ3n) is 4.33. The number of benzene rings is 2. The first-order valence-corrected chi connectivity index (χ1v) is 9.04. The molecule has 0 aromatic heterocycles. The van der Waals surface area contributed by atoms with Gasteiger partial charge in [0.25, 0.3) is 0 Å². The molecule has 1 aliphatic heterocycles. The number of fused-ring (bicyclic) bond motifs is 1. The lowest BCUT2D eigenvalue weighted by atomic mass is 9.96. The Hall–Kier alpha value is -2.08. The third-order valence-corrected chi connectivity index (χ3v) is 5.31. The van der Waals surface area contributed by atoms with E-state index in [0.29, 0.717) is 17.2 Å². The van der Waals surface area contributed by atoms with E-state index in [1.54, 1.807) is 12.0 Å². The third kappa shape index (κ3) is 3.63. The maximum Gasteiger partial charge on any atom is 0.237 e. The summed E-state index contributed by atoms with van der Waals surface area (Å²) in [6, 6.07) is 7.54. The first-order valence-electron chi connectivity index (χ1n) is 8.06. The highest BCUT2D eigenvalue weighted by Crippen LogP contribution is 2.38. The summed E-state index contributed by atoms with van der Waals surface area (Å²) < 4.78 is 31.7. The normalized spacial score (nSPS) is 13.5. The molecule has 0 fully saturated rings. The van der Waals surface area contributed by atoms with Gasteiger partial charge in [-0.2, -0.15) is 0 Å². The van der Waals surface area contributed by atoms with Gasteiger partial charge in [-0.25, -0.2) is 8.78 Å². The number of carbonyl (C=O) groups is 1. The number of nitrogens with zero attached hydrogens (tertiary/aromatic N) is 1. The highest BCUT2D eigenvalue weighted by atomic mass is 32.2. The predicted octanol–water partition coefficient (Wildman–Crippen LogP) is 4.35. The molecule has 0 bridgehead atoms. The average Bonchev–Trinajstić information content (AvgIpc) is 2.62. The van der Waals surface area contributed by atoms with Crippen molar-refractivity contribution in [1.29, 1.82) is 0 Å². The van der Waals surface area contributed by atoms with Crippen LogP contribution in [0.5, 0.6) is 5.75 Å². The molecule has 1 aliphatic rings. The molecule has 3 nitrogen and oxygen atoms in total. The van der Waals surface area contributed by atoms with Crippen molar-refractivity contribution < 1.29 is 18.3 Å².